The highest BCUT2D eigenvalue weighted by Crippen LogP contribution is 2.31. The van der Waals surface area contributed by atoms with E-state index in [0.717, 1.165) is 44.9 Å². The summed E-state index contributed by atoms with van der Waals surface area (Å²) in [5.74, 6) is 0.541. The van der Waals surface area contributed by atoms with Crippen molar-refractivity contribution in [2.75, 3.05) is 12.8 Å². The highest BCUT2D eigenvalue weighted by molar-refractivity contribution is 7.99. The lowest BCUT2D eigenvalue weighted by Crippen LogP contribution is -2.60. The molecule has 2 saturated heterocycles. The Kier molecular flexibility index (Phi) is 10.4. The second kappa shape index (κ2) is 12.2. The minimum atomic E-state index is -0.817. The number of rotatable bonds is 9. The minimum absolute atomic E-state index is 0.0611. The van der Waals surface area contributed by atoms with Gasteiger partial charge in [0.15, 0.2) is 0 Å². The van der Waals surface area contributed by atoms with Crippen LogP contribution in [0.15, 0.2) is 0 Å². The molecular weight excluding hydrogens is 392 g/mol. The van der Waals surface area contributed by atoms with E-state index in [1.165, 1.54) is 11.8 Å². The van der Waals surface area contributed by atoms with Crippen LogP contribution < -0.4 is 10.6 Å². The molecule has 0 aromatic rings. The van der Waals surface area contributed by atoms with Crippen LogP contribution in [0.4, 0.5) is 0 Å². The standard InChI is InChI=1S/C21H38N2O5S/c1-4-13(2)18(19-16(25)12-17(26)21(28-19)29-3)23-20(27)15-8-7-14(6-5-11-24)9-10-22-15/h11,13-19,21-22,25-26H,4-10,12H2,1-3H3,(H,23,27)/t13?,14-,15?,16-,17?,18+,19?,21?/m0/s1. The Morgan fingerprint density at radius 1 is 1.31 bits per heavy atom. The molecule has 1 amide bonds. The van der Waals surface area contributed by atoms with Crippen molar-refractivity contribution in [3.63, 3.8) is 0 Å². The molecule has 8 atom stereocenters. The normalized spacial score (nSPS) is 35.3. The third-order valence-electron chi connectivity index (χ3n) is 6.44. The number of amides is 1. The first-order valence-corrected chi connectivity index (χ1v) is 12.2. The minimum Gasteiger partial charge on any atom is -0.390 e. The quantitative estimate of drug-likeness (QED) is 0.410. The number of hydrogen-bond donors (Lipinski definition) is 4. The third-order valence-corrected chi connectivity index (χ3v) is 7.33. The molecule has 0 spiro atoms. The second-order valence-electron chi connectivity index (χ2n) is 8.48. The lowest BCUT2D eigenvalue weighted by atomic mass is 9.87. The molecule has 0 aromatic heterocycles. The van der Waals surface area contributed by atoms with Crippen molar-refractivity contribution in [2.45, 2.75) is 94.6 Å². The maximum atomic E-state index is 13.0. The maximum absolute atomic E-state index is 13.0. The summed E-state index contributed by atoms with van der Waals surface area (Å²) in [6.07, 6.45) is 5.97. The molecule has 2 aliphatic rings. The predicted octanol–water partition coefficient (Wildman–Crippen LogP) is 1.45. The molecule has 29 heavy (non-hydrogen) atoms. The van der Waals surface area contributed by atoms with Crippen LogP contribution in [0.25, 0.3) is 0 Å². The first-order chi connectivity index (χ1) is 13.9. The Labute approximate surface area is 178 Å². The molecule has 4 N–H and O–H groups in total. The molecular formula is C21H38N2O5S. The summed E-state index contributed by atoms with van der Waals surface area (Å²) >= 11 is 1.42. The molecule has 7 nitrogen and oxygen atoms in total. The first-order valence-electron chi connectivity index (χ1n) is 10.9. The Bertz CT molecular complexity index is 523. The van der Waals surface area contributed by atoms with Gasteiger partial charge in [0.1, 0.15) is 17.8 Å². The number of hydrogen-bond acceptors (Lipinski definition) is 7. The van der Waals surface area contributed by atoms with E-state index in [1.54, 1.807) is 0 Å². The first kappa shape index (κ1) is 24.6. The summed E-state index contributed by atoms with van der Waals surface area (Å²) in [6, 6.07) is -0.592. The summed E-state index contributed by atoms with van der Waals surface area (Å²) in [4.78, 5) is 23.7. The second-order valence-corrected chi connectivity index (χ2v) is 9.41. The fourth-order valence-electron chi connectivity index (χ4n) is 4.36. The van der Waals surface area contributed by atoms with E-state index in [2.05, 4.69) is 24.5 Å². The van der Waals surface area contributed by atoms with Gasteiger partial charge in [-0.2, -0.15) is 0 Å². The number of thioether (sulfide) groups is 1. The average Bonchev–Trinajstić information content (AvgIpc) is 2.96. The molecule has 5 unspecified atom stereocenters. The van der Waals surface area contributed by atoms with Gasteiger partial charge < -0.3 is 30.4 Å². The topological polar surface area (TPSA) is 108 Å². The molecule has 2 fully saturated rings. The van der Waals surface area contributed by atoms with Crippen molar-refractivity contribution in [3.8, 4) is 0 Å². The van der Waals surface area contributed by atoms with Crippen molar-refractivity contribution < 1.29 is 24.5 Å². The van der Waals surface area contributed by atoms with Crippen LogP contribution >= 0.6 is 11.8 Å². The summed E-state index contributed by atoms with van der Waals surface area (Å²) in [5, 5.41) is 27.2. The SMILES string of the molecule is CCC(C)[C@@H](NC(=O)C1CC[C@H](CCC=O)CCN1)C1OC(SC)C(O)C[C@@H]1O. The van der Waals surface area contributed by atoms with Gasteiger partial charge in [-0.25, -0.2) is 0 Å². The predicted molar refractivity (Wildman–Crippen MR) is 115 cm³/mol. The maximum Gasteiger partial charge on any atom is 0.237 e. The van der Waals surface area contributed by atoms with Crippen LogP contribution in [0.3, 0.4) is 0 Å². The zero-order chi connectivity index (χ0) is 21.4. The number of carbonyl (C=O) groups excluding carboxylic acids is 2. The van der Waals surface area contributed by atoms with Crippen LogP contribution in [0.5, 0.6) is 0 Å². The molecule has 0 aromatic carbocycles. The summed E-state index contributed by atoms with van der Waals surface area (Å²) < 4.78 is 6.01. The molecule has 168 valence electrons. The zero-order valence-electron chi connectivity index (χ0n) is 17.9. The molecule has 2 heterocycles. The number of carbonyl (C=O) groups is 2. The largest absolute Gasteiger partial charge is 0.390 e. The average molecular weight is 431 g/mol. The summed E-state index contributed by atoms with van der Waals surface area (Å²) in [5.41, 5.74) is -0.401. The van der Waals surface area contributed by atoms with Crippen molar-refractivity contribution in [1.29, 1.82) is 0 Å². The third kappa shape index (κ3) is 6.92. The zero-order valence-corrected chi connectivity index (χ0v) is 18.7. The van der Waals surface area contributed by atoms with E-state index in [0.29, 0.717) is 12.3 Å². The van der Waals surface area contributed by atoms with E-state index < -0.39 is 23.7 Å². The van der Waals surface area contributed by atoms with Gasteiger partial charge >= 0.3 is 0 Å². The van der Waals surface area contributed by atoms with Crippen molar-refractivity contribution >= 4 is 24.0 Å². The van der Waals surface area contributed by atoms with Gasteiger partial charge in [-0.05, 0) is 50.3 Å². The highest BCUT2D eigenvalue weighted by Gasteiger charge is 2.42. The van der Waals surface area contributed by atoms with E-state index in [1.807, 2.05) is 6.26 Å². The Morgan fingerprint density at radius 3 is 2.72 bits per heavy atom. The molecule has 0 bridgehead atoms. The van der Waals surface area contributed by atoms with Crippen LogP contribution in [-0.2, 0) is 14.3 Å². The number of aldehydes is 1. The lowest BCUT2D eigenvalue weighted by molar-refractivity contribution is -0.156. The molecule has 2 aliphatic heterocycles. The summed E-state index contributed by atoms with van der Waals surface area (Å²) in [6.45, 7) is 4.87. The van der Waals surface area contributed by atoms with Crippen LogP contribution in [0.2, 0.25) is 0 Å². The summed E-state index contributed by atoms with van der Waals surface area (Å²) in [7, 11) is 0. The van der Waals surface area contributed by atoms with Crippen molar-refractivity contribution in [3.05, 3.63) is 0 Å². The molecule has 0 aliphatic carbocycles. The smallest absolute Gasteiger partial charge is 0.237 e. The number of aliphatic hydroxyl groups excluding tert-OH is 2. The van der Waals surface area contributed by atoms with Gasteiger partial charge in [-0.15, -0.1) is 11.8 Å². The Hall–Kier alpha value is -0.670. The Morgan fingerprint density at radius 2 is 2.07 bits per heavy atom. The molecule has 2 rings (SSSR count). The van der Waals surface area contributed by atoms with Gasteiger partial charge in [0, 0.05) is 12.8 Å². The lowest BCUT2D eigenvalue weighted by Gasteiger charge is -2.42. The van der Waals surface area contributed by atoms with Gasteiger partial charge in [-0.1, -0.05) is 20.3 Å². The van der Waals surface area contributed by atoms with Gasteiger partial charge in [0.05, 0.1) is 24.3 Å². The Balaban J connectivity index is 2.02. The van der Waals surface area contributed by atoms with Crippen LogP contribution in [0.1, 0.15) is 58.8 Å². The van der Waals surface area contributed by atoms with E-state index in [4.69, 9.17) is 4.74 Å². The van der Waals surface area contributed by atoms with Crippen LogP contribution in [-0.4, -0.2) is 71.0 Å². The van der Waals surface area contributed by atoms with E-state index >= 15 is 0 Å². The van der Waals surface area contributed by atoms with Crippen molar-refractivity contribution in [2.24, 2.45) is 11.8 Å². The van der Waals surface area contributed by atoms with Crippen LogP contribution in [0, 0.1) is 11.8 Å². The monoisotopic (exact) mass is 430 g/mol. The fourth-order valence-corrected chi connectivity index (χ4v) is 5.02. The number of nitrogens with one attached hydrogen (secondary N) is 2. The number of ether oxygens (including phenoxy) is 1. The molecule has 0 saturated carbocycles. The highest BCUT2D eigenvalue weighted by atomic mass is 32.2. The van der Waals surface area contributed by atoms with Gasteiger partial charge in [0.2, 0.25) is 5.91 Å². The van der Waals surface area contributed by atoms with E-state index in [-0.39, 0.29) is 30.3 Å². The molecule has 8 heteroatoms. The van der Waals surface area contributed by atoms with Crippen molar-refractivity contribution in [1.82, 2.24) is 10.6 Å². The molecule has 0 radical (unpaired) electrons. The van der Waals surface area contributed by atoms with Gasteiger partial charge in [0.25, 0.3) is 0 Å². The van der Waals surface area contributed by atoms with E-state index in [9.17, 15) is 19.8 Å². The number of aliphatic hydroxyl groups is 2. The fraction of sp³-hybridized carbons (Fsp3) is 0.905. The van der Waals surface area contributed by atoms with Gasteiger partial charge in [-0.3, -0.25) is 4.79 Å².